The predicted octanol–water partition coefficient (Wildman–Crippen LogP) is 2.60. The Bertz CT molecular complexity index is 1360. The molecule has 3 aromatic rings. The van der Waals surface area contributed by atoms with E-state index in [0.29, 0.717) is 34.5 Å². The second-order valence-corrected chi connectivity index (χ2v) is 7.47. The summed E-state index contributed by atoms with van der Waals surface area (Å²) in [6.07, 6.45) is -2.52. The molecular weight excluding hydrogens is 437 g/mol. The minimum Gasteiger partial charge on any atom is -0.493 e. The van der Waals surface area contributed by atoms with Gasteiger partial charge in [-0.05, 0) is 41.3 Å². The van der Waals surface area contributed by atoms with Gasteiger partial charge in [-0.3, -0.25) is 9.79 Å². The lowest BCUT2D eigenvalue weighted by molar-refractivity contribution is -0.138. The highest BCUT2D eigenvalue weighted by Gasteiger charge is 2.33. The van der Waals surface area contributed by atoms with Crippen molar-refractivity contribution in [3.05, 3.63) is 80.2 Å². The summed E-state index contributed by atoms with van der Waals surface area (Å²) >= 11 is 0. The first kappa shape index (κ1) is 22.6. The predicted molar refractivity (Wildman–Crippen MR) is 116 cm³/mol. The number of ether oxygens (including phenoxy) is 2. The molecule has 0 saturated carbocycles. The van der Waals surface area contributed by atoms with Crippen LogP contribution in [0.25, 0.3) is 17.2 Å². The number of aliphatic hydroxyl groups excluding tert-OH is 1. The molecule has 2 N–H and O–H groups in total. The van der Waals surface area contributed by atoms with Gasteiger partial charge in [-0.25, -0.2) is 0 Å². The fourth-order valence-electron chi connectivity index (χ4n) is 3.76. The van der Waals surface area contributed by atoms with Crippen LogP contribution in [0.4, 0.5) is 13.2 Å². The van der Waals surface area contributed by atoms with Gasteiger partial charge in [0.2, 0.25) is 5.56 Å². The molecule has 9 heteroatoms. The number of benzene rings is 2. The van der Waals surface area contributed by atoms with E-state index in [0.717, 1.165) is 11.3 Å². The van der Waals surface area contributed by atoms with Gasteiger partial charge in [0.05, 0.1) is 19.2 Å². The van der Waals surface area contributed by atoms with Crippen LogP contribution in [0.2, 0.25) is 0 Å². The molecule has 0 bridgehead atoms. The van der Waals surface area contributed by atoms with Crippen molar-refractivity contribution >= 4 is 6.08 Å². The number of halogens is 3. The van der Waals surface area contributed by atoms with Gasteiger partial charge in [0.15, 0.2) is 11.5 Å². The molecule has 0 radical (unpaired) electrons. The highest BCUT2D eigenvalue weighted by atomic mass is 19.4. The van der Waals surface area contributed by atoms with Gasteiger partial charge in [-0.2, -0.15) is 13.2 Å². The van der Waals surface area contributed by atoms with E-state index in [9.17, 15) is 18.0 Å². The molecule has 1 aliphatic rings. The molecule has 4 rings (SSSR count). The van der Waals surface area contributed by atoms with Crippen LogP contribution < -0.4 is 25.7 Å². The van der Waals surface area contributed by atoms with Gasteiger partial charge < -0.3 is 19.6 Å². The number of hydrogen-bond donors (Lipinski definition) is 2. The Balaban J connectivity index is 1.64. The van der Waals surface area contributed by atoms with Crippen molar-refractivity contribution in [2.24, 2.45) is 4.99 Å². The zero-order valence-corrected chi connectivity index (χ0v) is 17.7. The normalized spacial score (nSPS) is 12.6. The fraction of sp³-hybridized carbons (Fsp3) is 0.250. The van der Waals surface area contributed by atoms with Crippen molar-refractivity contribution in [2.45, 2.75) is 19.2 Å². The maximum atomic E-state index is 13.5. The summed E-state index contributed by atoms with van der Waals surface area (Å²) in [5.41, 5.74) is 1.16. The van der Waals surface area contributed by atoms with Crippen molar-refractivity contribution in [2.75, 3.05) is 20.3 Å². The third-order valence-electron chi connectivity index (χ3n) is 5.35. The van der Waals surface area contributed by atoms with Crippen LogP contribution >= 0.6 is 0 Å². The van der Waals surface area contributed by atoms with E-state index in [-0.39, 0.29) is 36.5 Å². The average molecular weight is 458 g/mol. The minimum absolute atomic E-state index is 0.0288. The second-order valence-electron chi connectivity index (χ2n) is 7.47. The number of fused-ring (bicyclic) bond motifs is 1. The van der Waals surface area contributed by atoms with Crippen molar-refractivity contribution in [1.29, 1.82) is 0 Å². The Morgan fingerprint density at radius 1 is 1.12 bits per heavy atom. The molecule has 0 spiro atoms. The largest absolute Gasteiger partial charge is 0.493 e. The zero-order chi connectivity index (χ0) is 23.6. The van der Waals surface area contributed by atoms with E-state index >= 15 is 0 Å². The van der Waals surface area contributed by atoms with E-state index in [1.165, 1.54) is 19.2 Å². The molecule has 0 amide bonds. The molecule has 1 aliphatic heterocycles. The number of hydrogen-bond acceptors (Lipinski definition) is 5. The molecule has 2 aromatic carbocycles. The van der Waals surface area contributed by atoms with Crippen LogP contribution in [0.5, 0.6) is 11.5 Å². The number of methoxy groups -OCH3 is 1. The van der Waals surface area contributed by atoms with E-state index in [1.54, 1.807) is 24.3 Å². The lowest BCUT2D eigenvalue weighted by Gasteiger charge is -2.17. The number of H-pyrrole nitrogens is 1. The number of aromatic amines is 1. The van der Waals surface area contributed by atoms with Crippen molar-refractivity contribution in [3.63, 3.8) is 0 Å². The molecule has 0 fully saturated rings. The van der Waals surface area contributed by atoms with Crippen molar-refractivity contribution in [3.8, 4) is 22.6 Å². The number of rotatable bonds is 7. The maximum absolute atomic E-state index is 13.5. The summed E-state index contributed by atoms with van der Waals surface area (Å²) in [4.78, 5) is 18.9. The van der Waals surface area contributed by atoms with E-state index in [1.807, 2.05) is 6.08 Å². The van der Waals surface area contributed by atoms with Crippen LogP contribution in [0, 0.1) is 0 Å². The Morgan fingerprint density at radius 3 is 2.67 bits per heavy atom. The molecule has 0 aliphatic carbocycles. The first-order chi connectivity index (χ1) is 15.8. The Labute approximate surface area is 186 Å². The molecule has 1 aromatic heterocycles. The van der Waals surface area contributed by atoms with E-state index < -0.39 is 11.7 Å². The average Bonchev–Trinajstić information content (AvgIpc) is 3.25. The molecule has 0 atom stereocenters. The Hall–Kier alpha value is -3.59. The van der Waals surface area contributed by atoms with Gasteiger partial charge in [-0.1, -0.05) is 24.3 Å². The lowest BCUT2D eigenvalue weighted by atomic mass is 10.0. The van der Waals surface area contributed by atoms with Crippen LogP contribution in [0.15, 0.2) is 52.3 Å². The molecule has 2 heterocycles. The lowest BCUT2D eigenvalue weighted by Crippen LogP contribution is -2.33. The third kappa shape index (κ3) is 4.78. The highest BCUT2D eigenvalue weighted by molar-refractivity contribution is 5.68. The van der Waals surface area contributed by atoms with Crippen molar-refractivity contribution in [1.82, 2.24) is 4.98 Å². The highest BCUT2D eigenvalue weighted by Crippen LogP contribution is 2.35. The SMILES string of the molecule is COc1cc(-c2cc(=O)[nH]c3c2=CCN=3)ccc1OCc1ccc(CCO)cc1C(F)(F)F. The number of nitrogens with zero attached hydrogens (tertiary/aromatic N) is 1. The monoisotopic (exact) mass is 458 g/mol. The summed E-state index contributed by atoms with van der Waals surface area (Å²) in [6.45, 7) is -0.0880. The number of nitrogens with one attached hydrogen (secondary N) is 1. The smallest absolute Gasteiger partial charge is 0.416 e. The zero-order valence-electron chi connectivity index (χ0n) is 17.7. The quantitative estimate of drug-likeness (QED) is 0.570. The topological polar surface area (TPSA) is 83.9 Å². The third-order valence-corrected chi connectivity index (χ3v) is 5.35. The van der Waals surface area contributed by atoms with E-state index in [2.05, 4.69) is 9.98 Å². The number of aliphatic hydroxyl groups is 1. The van der Waals surface area contributed by atoms with Crippen LogP contribution in [-0.4, -0.2) is 30.4 Å². The van der Waals surface area contributed by atoms with Gasteiger partial charge >= 0.3 is 6.18 Å². The minimum atomic E-state index is -4.56. The first-order valence-electron chi connectivity index (χ1n) is 10.2. The van der Waals surface area contributed by atoms with E-state index in [4.69, 9.17) is 14.6 Å². The first-order valence-corrected chi connectivity index (χ1v) is 10.2. The van der Waals surface area contributed by atoms with Crippen LogP contribution in [-0.2, 0) is 19.2 Å². The summed E-state index contributed by atoms with van der Waals surface area (Å²) in [6, 6.07) is 10.4. The maximum Gasteiger partial charge on any atom is 0.416 e. The fourth-order valence-corrected chi connectivity index (χ4v) is 3.76. The molecule has 0 saturated heterocycles. The van der Waals surface area contributed by atoms with Crippen molar-refractivity contribution < 1.29 is 27.8 Å². The Kier molecular flexibility index (Phi) is 6.24. The molecule has 172 valence electrons. The second kappa shape index (κ2) is 9.11. The standard InChI is InChI=1S/C24H21F3N2O4/c1-32-21-11-15(18-12-22(31)29-23-17(18)6-8-28-23)4-5-20(21)33-13-16-3-2-14(7-9-30)10-19(16)24(25,26)27/h2-6,10-12,30H,7-9,13H2,1H3,(H,28,29,31). The van der Waals surface area contributed by atoms with Crippen LogP contribution in [0.3, 0.4) is 0 Å². The molecular formula is C24H21F3N2O4. The van der Waals surface area contributed by atoms with Gasteiger partial charge in [-0.15, -0.1) is 0 Å². The summed E-state index contributed by atoms with van der Waals surface area (Å²) in [5.74, 6) is 0.589. The number of pyridine rings is 1. The molecule has 33 heavy (non-hydrogen) atoms. The Morgan fingerprint density at radius 2 is 1.94 bits per heavy atom. The number of alkyl halides is 3. The molecule has 0 unspecified atom stereocenters. The summed E-state index contributed by atoms with van der Waals surface area (Å²) < 4.78 is 51.7. The summed E-state index contributed by atoms with van der Waals surface area (Å²) in [7, 11) is 1.43. The summed E-state index contributed by atoms with van der Waals surface area (Å²) in [5, 5.41) is 9.83. The van der Waals surface area contributed by atoms with Gasteiger partial charge in [0.25, 0.3) is 0 Å². The van der Waals surface area contributed by atoms with Gasteiger partial charge in [0, 0.05) is 23.5 Å². The van der Waals surface area contributed by atoms with Crippen LogP contribution in [0.1, 0.15) is 16.7 Å². The molecule has 6 nitrogen and oxygen atoms in total. The number of aromatic nitrogens is 1. The van der Waals surface area contributed by atoms with Gasteiger partial charge in [0.1, 0.15) is 12.1 Å².